The molecule has 0 amide bonds. The van der Waals surface area contributed by atoms with Gasteiger partial charge >= 0.3 is 0 Å². The molecule has 1 aromatic carbocycles. The number of hydrogen-bond donors (Lipinski definition) is 1. The van der Waals surface area contributed by atoms with Gasteiger partial charge in [-0.25, -0.2) is 0 Å². The molecule has 23 heavy (non-hydrogen) atoms. The molecule has 0 radical (unpaired) electrons. The topological polar surface area (TPSA) is 77.6 Å². The summed E-state index contributed by atoms with van der Waals surface area (Å²) in [6.07, 6.45) is 4.71. The number of aromatic nitrogens is 2. The van der Waals surface area contributed by atoms with Gasteiger partial charge in [-0.1, -0.05) is 24.1 Å². The molecule has 0 aliphatic heterocycles. The fourth-order valence-electron chi connectivity index (χ4n) is 3.10. The van der Waals surface area contributed by atoms with Crippen molar-refractivity contribution in [2.45, 2.75) is 44.1 Å². The quantitative estimate of drug-likeness (QED) is 0.882. The predicted octanol–water partition coefficient (Wildman–Crippen LogP) is 2.53. The summed E-state index contributed by atoms with van der Waals surface area (Å²) in [4.78, 5) is 4.40. The Bertz CT molecular complexity index is 662. The smallest absolute Gasteiger partial charge is 0.229 e. The predicted molar refractivity (Wildman–Crippen MR) is 83.8 cm³/mol. The van der Waals surface area contributed by atoms with E-state index in [4.69, 9.17) is 14.0 Å². The summed E-state index contributed by atoms with van der Waals surface area (Å²) >= 11 is 0. The van der Waals surface area contributed by atoms with Crippen LogP contribution in [-0.4, -0.2) is 35.1 Å². The summed E-state index contributed by atoms with van der Waals surface area (Å²) in [6.45, 7) is 0. The fourth-order valence-corrected chi connectivity index (χ4v) is 3.10. The molecule has 6 nitrogen and oxygen atoms in total. The highest BCUT2D eigenvalue weighted by Gasteiger charge is 2.33. The first-order valence-corrected chi connectivity index (χ1v) is 7.87. The van der Waals surface area contributed by atoms with E-state index < -0.39 is 5.60 Å². The van der Waals surface area contributed by atoms with E-state index in [-0.39, 0.29) is 0 Å². The van der Waals surface area contributed by atoms with Gasteiger partial charge < -0.3 is 19.1 Å². The molecule has 1 N–H and O–H groups in total. The van der Waals surface area contributed by atoms with Crippen molar-refractivity contribution < 1.29 is 19.1 Å². The van der Waals surface area contributed by atoms with Gasteiger partial charge in [-0.15, -0.1) is 0 Å². The molecule has 0 saturated heterocycles. The van der Waals surface area contributed by atoms with Crippen molar-refractivity contribution in [2.24, 2.45) is 0 Å². The molecule has 6 heteroatoms. The molecule has 0 spiro atoms. The Hall–Kier alpha value is -2.08. The van der Waals surface area contributed by atoms with Crippen LogP contribution in [0.4, 0.5) is 0 Å². The zero-order valence-electron chi connectivity index (χ0n) is 13.5. The lowest BCUT2D eigenvalue weighted by Crippen LogP contribution is -2.27. The number of hydrogen-bond acceptors (Lipinski definition) is 6. The number of ether oxygens (including phenoxy) is 2. The van der Waals surface area contributed by atoms with Crippen molar-refractivity contribution in [1.82, 2.24) is 10.1 Å². The molecular formula is C17H22N2O4. The van der Waals surface area contributed by atoms with Gasteiger partial charge in [-0.2, -0.15) is 4.98 Å². The lowest BCUT2D eigenvalue weighted by molar-refractivity contribution is 0.0402. The third-order valence-electron chi connectivity index (χ3n) is 4.33. The lowest BCUT2D eigenvalue weighted by atomic mass is 9.98. The average molecular weight is 318 g/mol. The highest BCUT2D eigenvalue weighted by Crippen LogP contribution is 2.32. The monoisotopic (exact) mass is 318 g/mol. The molecule has 2 aromatic rings. The van der Waals surface area contributed by atoms with E-state index in [1.165, 1.54) is 0 Å². The Morgan fingerprint density at radius 1 is 1.17 bits per heavy atom. The zero-order chi connectivity index (χ0) is 16.3. The molecule has 0 atom stereocenters. The van der Waals surface area contributed by atoms with Gasteiger partial charge in [0.25, 0.3) is 0 Å². The molecule has 3 rings (SSSR count). The van der Waals surface area contributed by atoms with Gasteiger partial charge in [-0.3, -0.25) is 0 Å². The van der Waals surface area contributed by atoms with Crippen LogP contribution in [0.5, 0.6) is 11.5 Å². The molecule has 1 aromatic heterocycles. The van der Waals surface area contributed by atoms with Gasteiger partial charge in [0, 0.05) is 6.42 Å². The second-order valence-corrected chi connectivity index (χ2v) is 6.08. The number of benzene rings is 1. The Kier molecular flexibility index (Phi) is 4.52. The van der Waals surface area contributed by atoms with E-state index in [0.717, 1.165) is 31.2 Å². The van der Waals surface area contributed by atoms with Gasteiger partial charge in [0.15, 0.2) is 17.3 Å². The van der Waals surface area contributed by atoms with Gasteiger partial charge in [0.1, 0.15) is 0 Å². The number of aliphatic hydroxyl groups is 1. The summed E-state index contributed by atoms with van der Waals surface area (Å²) < 4.78 is 15.8. The van der Waals surface area contributed by atoms with Crippen LogP contribution < -0.4 is 9.47 Å². The van der Waals surface area contributed by atoms with Crippen LogP contribution in [0.2, 0.25) is 0 Å². The Balaban J connectivity index is 1.69. The first-order valence-electron chi connectivity index (χ1n) is 7.87. The lowest BCUT2D eigenvalue weighted by Gasteiger charge is -2.18. The third kappa shape index (κ3) is 3.64. The third-order valence-corrected chi connectivity index (χ3v) is 4.33. The Morgan fingerprint density at radius 2 is 1.91 bits per heavy atom. The summed E-state index contributed by atoms with van der Waals surface area (Å²) in [5.74, 6) is 2.47. The average Bonchev–Trinajstić information content (AvgIpc) is 3.16. The zero-order valence-corrected chi connectivity index (χ0v) is 13.5. The summed E-state index contributed by atoms with van der Waals surface area (Å²) in [7, 11) is 3.22. The van der Waals surface area contributed by atoms with E-state index in [9.17, 15) is 5.11 Å². The molecule has 124 valence electrons. The van der Waals surface area contributed by atoms with E-state index >= 15 is 0 Å². The van der Waals surface area contributed by atoms with Crippen molar-refractivity contribution in [3.8, 4) is 11.5 Å². The van der Waals surface area contributed by atoms with Crippen LogP contribution in [0, 0.1) is 0 Å². The second kappa shape index (κ2) is 6.58. The highest BCUT2D eigenvalue weighted by molar-refractivity contribution is 5.43. The van der Waals surface area contributed by atoms with Gasteiger partial charge in [0.05, 0.1) is 26.2 Å². The van der Waals surface area contributed by atoms with Gasteiger partial charge in [-0.05, 0) is 30.5 Å². The van der Waals surface area contributed by atoms with Crippen LogP contribution in [0.25, 0.3) is 0 Å². The molecule has 0 bridgehead atoms. The fraction of sp³-hybridized carbons (Fsp3) is 0.529. The number of nitrogens with zero attached hydrogens (tertiary/aromatic N) is 2. The minimum atomic E-state index is -0.673. The van der Waals surface area contributed by atoms with Crippen LogP contribution >= 0.6 is 0 Å². The number of methoxy groups -OCH3 is 2. The molecule has 1 aliphatic carbocycles. The SMILES string of the molecule is COc1ccc(Cc2noc(CC3(O)CCCC3)n2)cc1OC. The van der Waals surface area contributed by atoms with E-state index in [1.807, 2.05) is 18.2 Å². The maximum Gasteiger partial charge on any atom is 0.229 e. The van der Waals surface area contributed by atoms with Crippen molar-refractivity contribution in [3.63, 3.8) is 0 Å². The van der Waals surface area contributed by atoms with E-state index in [1.54, 1.807) is 14.2 Å². The summed E-state index contributed by atoms with van der Waals surface area (Å²) in [6, 6.07) is 5.71. The first kappa shape index (κ1) is 15.8. The molecule has 1 heterocycles. The Labute approximate surface area is 135 Å². The minimum Gasteiger partial charge on any atom is -0.493 e. The molecule has 1 saturated carbocycles. The summed E-state index contributed by atoms with van der Waals surface area (Å²) in [5.41, 5.74) is 0.335. The molecule has 1 aliphatic rings. The van der Waals surface area contributed by atoms with Crippen LogP contribution in [0.15, 0.2) is 22.7 Å². The van der Waals surface area contributed by atoms with Crippen LogP contribution in [-0.2, 0) is 12.8 Å². The van der Waals surface area contributed by atoms with Crippen molar-refractivity contribution in [2.75, 3.05) is 14.2 Å². The van der Waals surface area contributed by atoms with E-state index in [0.29, 0.717) is 36.1 Å². The summed E-state index contributed by atoms with van der Waals surface area (Å²) in [5, 5.41) is 14.4. The van der Waals surface area contributed by atoms with Crippen LogP contribution in [0.1, 0.15) is 43.0 Å². The van der Waals surface area contributed by atoms with E-state index in [2.05, 4.69) is 10.1 Å². The molecular weight excluding hydrogens is 296 g/mol. The number of rotatable bonds is 6. The minimum absolute atomic E-state index is 0.436. The second-order valence-electron chi connectivity index (χ2n) is 6.08. The Morgan fingerprint density at radius 3 is 2.61 bits per heavy atom. The van der Waals surface area contributed by atoms with Crippen molar-refractivity contribution >= 4 is 0 Å². The highest BCUT2D eigenvalue weighted by atomic mass is 16.5. The van der Waals surface area contributed by atoms with Crippen molar-refractivity contribution in [1.29, 1.82) is 0 Å². The maximum absolute atomic E-state index is 10.4. The van der Waals surface area contributed by atoms with Gasteiger partial charge in [0.2, 0.25) is 5.89 Å². The largest absolute Gasteiger partial charge is 0.493 e. The standard InChI is InChI=1S/C17H22N2O4/c1-21-13-6-5-12(9-14(13)22-2)10-15-18-16(23-19-15)11-17(20)7-3-4-8-17/h5-6,9,20H,3-4,7-8,10-11H2,1-2H3. The maximum atomic E-state index is 10.4. The van der Waals surface area contributed by atoms with Crippen molar-refractivity contribution in [3.05, 3.63) is 35.5 Å². The first-order chi connectivity index (χ1) is 11.1. The van der Waals surface area contributed by atoms with Crippen LogP contribution in [0.3, 0.4) is 0 Å². The molecule has 0 unspecified atom stereocenters. The molecule has 1 fully saturated rings. The normalized spacial score (nSPS) is 16.5.